The average Bonchev–Trinajstić information content (AvgIpc) is 2.62. The Morgan fingerprint density at radius 1 is 0.852 bits per heavy atom. The Morgan fingerprint density at radius 2 is 1.37 bits per heavy atom. The second-order valence-electron chi connectivity index (χ2n) is 7.43. The van der Waals surface area contributed by atoms with Gasteiger partial charge in [0.05, 0.1) is 0 Å². The minimum atomic E-state index is -0.512. The topological polar surface area (TPSA) is 51.2 Å². The number of hydrogen-bond donors (Lipinski definition) is 1. The van der Waals surface area contributed by atoms with Gasteiger partial charge in [0.1, 0.15) is 5.60 Å². The summed E-state index contributed by atoms with van der Waals surface area (Å²) in [7, 11) is 0. The van der Waals surface area contributed by atoms with Gasteiger partial charge in [-0.3, -0.25) is 10.3 Å². The van der Waals surface area contributed by atoms with Gasteiger partial charge in [-0.05, 0) is 73.7 Å². The molecule has 1 amide bonds. The maximum atomic E-state index is 11.8. The molecule has 0 aliphatic carbocycles. The van der Waals surface area contributed by atoms with Crippen molar-refractivity contribution in [2.45, 2.75) is 32.8 Å². The molecule has 0 radical (unpaired) electrons. The standard InChI is InChI=1S/C23H24N2O2/c1-23(2,3)27-22(26)25-21-10-8-20(9-11-21)19-6-4-17(5-7-19)16-18-12-14-24-15-13-18/h4-15H,16H2,1-3H3,(H,25,26). The summed E-state index contributed by atoms with van der Waals surface area (Å²) in [5.41, 5.74) is 4.94. The summed E-state index contributed by atoms with van der Waals surface area (Å²) in [5.74, 6) is 0. The van der Waals surface area contributed by atoms with E-state index >= 15 is 0 Å². The molecule has 0 spiro atoms. The summed E-state index contributed by atoms with van der Waals surface area (Å²) in [6.45, 7) is 5.52. The van der Waals surface area contributed by atoms with Gasteiger partial charge < -0.3 is 4.74 Å². The molecule has 0 aliphatic heterocycles. The van der Waals surface area contributed by atoms with E-state index in [1.54, 1.807) is 0 Å². The molecular weight excluding hydrogens is 336 g/mol. The summed E-state index contributed by atoms with van der Waals surface area (Å²) in [4.78, 5) is 15.9. The van der Waals surface area contributed by atoms with Crippen LogP contribution in [0.25, 0.3) is 11.1 Å². The molecule has 0 saturated heterocycles. The van der Waals surface area contributed by atoms with Crippen LogP contribution in [0.4, 0.5) is 10.5 Å². The number of aromatic nitrogens is 1. The minimum absolute atomic E-state index is 0.448. The number of benzene rings is 2. The van der Waals surface area contributed by atoms with Gasteiger partial charge in [-0.1, -0.05) is 36.4 Å². The summed E-state index contributed by atoms with van der Waals surface area (Å²) in [5, 5.41) is 2.75. The molecule has 1 aromatic heterocycles. The number of nitrogens with one attached hydrogen (secondary N) is 1. The fourth-order valence-corrected chi connectivity index (χ4v) is 2.72. The van der Waals surface area contributed by atoms with Crippen molar-refractivity contribution in [3.63, 3.8) is 0 Å². The van der Waals surface area contributed by atoms with Gasteiger partial charge in [0, 0.05) is 18.1 Å². The lowest BCUT2D eigenvalue weighted by Gasteiger charge is -2.19. The number of carbonyl (C=O) groups is 1. The van der Waals surface area contributed by atoms with E-state index in [0.29, 0.717) is 5.69 Å². The van der Waals surface area contributed by atoms with E-state index in [0.717, 1.165) is 17.5 Å². The number of ether oxygens (including phenoxy) is 1. The van der Waals surface area contributed by atoms with Gasteiger partial charge in [-0.15, -0.1) is 0 Å². The molecule has 0 bridgehead atoms. The van der Waals surface area contributed by atoms with E-state index in [2.05, 4.69) is 34.6 Å². The molecule has 0 fully saturated rings. The maximum absolute atomic E-state index is 11.8. The molecule has 0 saturated carbocycles. The zero-order valence-electron chi connectivity index (χ0n) is 15.9. The number of anilines is 1. The number of rotatable bonds is 4. The monoisotopic (exact) mass is 360 g/mol. The summed E-state index contributed by atoms with van der Waals surface area (Å²) >= 11 is 0. The molecule has 3 rings (SSSR count). The Bertz CT molecular complexity index is 880. The number of carbonyl (C=O) groups excluding carboxylic acids is 1. The lowest BCUT2D eigenvalue weighted by Crippen LogP contribution is -2.27. The zero-order chi connectivity index (χ0) is 19.3. The van der Waals surface area contributed by atoms with E-state index in [-0.39, 0.29) is 0 Å². The van der Waals surface area contributed by atoms with Crippen LogP contribution in [0.1, 0.15) is 31.9 Å². The third-order valence-electron chi connectivity index (χ3n) is 3.98. The van der Waals surface area contributed by atoms with Gasteiger partial charge in [-0.2, -0.15) is 0 Å². The van der Waals surface area contributed by atoms with Crippen molar-refractivity contribution in [3.8, 4) is 11.1 Å². The fourth-order valence-electron chi connectivity index (χ4n) is 2.72. The third kappa shape index (κ3) is 5.68. The van der Waals surface area contributed by atoms with E-state index in [1.807, 2.05) is 69.6 Å². The minimum Gasteiger partial charge on any atom is -0.444 e. The van der Waals surface area contributed by atoms with Crippen molar-refractivity contribution in [2.24, 2.45) is 0 Å². The Hall–Kier alpha value is -3.14. The molecule has 2 aromatic carbocycles. The maximum Gasteiger partial charge on any atom is 0.412 e. The first kappa shape index (κ1) is 18.6. The average molecular weight is 360 g/mol. The summed E-state index contributed by atoms with van der Waals surface area (Å²) < 4.78 is 5.26. The van der Waals surface area contributed by atoms with Crippen molar-refractivity contribution in [1.82, 2.24) is 4.98 Å². The number of nitrogens with zero attached hydrogens (tertiary/aromatic N) is 1. The predicted molar refractivity (Wildman–Crippen MR) is 109 cm³/mol. The molecule has 1 heterocycles. The van der Waals surface area contributed by atoms with Gasteiger partial charge in [0.2, 0.25) is 0 Å². The second kappa shape index (κ2) is 8.04. The molecule has 27 heavy (non-hydrogen) atoms. The van der Waals surface area contributed by atoms with Crippen LogP contribution in [-0.2, 0) is 11.2 Å². The lowest BCUT2D eigenvalue weighted by molar-refractivity contribution is 0.0636. The van der Waals surface area contributed by atoms with Crippen LogP contribution >= 0.6 is 0 Å². The molecular formula is C23H24N2O2. The van der Waals surface area contributed by atoms with Gasteiger partial charge in [-0.25, -0.2) is 4.79 Å². The first-order valence-corrected chi connectivity index (χ1v) is 8.97. The Morgan fingerprint density at radius 3 is 1.93 bits per heavy atom. The van der Waals surface area contributed by atoms with Crippen molar-refractivity contribution in [2.75, 3.05) is 5.32 Å². The molecule has 138 valence electrons. The SMILES string of the molecule is CC(C)(C)OC(=O)Nc1ccc(-c2ccc(Cc3ccncc3)cc2)cc1. The number of pyridine rings is 1. The first-order valence-electron chi connectivity index (χ1n) is 8.97. The van der Waals surface area contributed by atoms with E-state index < -0.39 is 11.7 Å². The highest BCUT2D eigenvalue weighted by atomic mass is 16.6. The Balaban J connectivity index is 1.64. The van der Waals surface area contributed by atoms with Crippen molar-refractivity contribution >= 4 is 11.8 Å². The van der Waals surface area contributed by atoms with Crippen LogP contribution in [0, 0.1) is 0 Å². The zero-order valence-corrected chi connectivity index (χ0v) is 15.9. The highest BCUT2D eigenvalue weighted by Gasteiger charge is 2.16. The smallest absolute Gasteiger partial charge is 0.412 e. The first-order chi connectivity index (χ1) is 12.9. The highest BCUT2D eigenvalue weighted by molar-refractivity contribution is 5.85. The summed E-state index contributed by atoms with van der Waals surface area (Å²) in [6.07, 6.45) is 4.07. The van der Waals surface area contributed by atoms with E-state index in [1.165, 1.54) is 11.1 Å². The van der Waals surface area contributed by atoms with Gasteiger partial charge >= 0.3 is 6.09 Å². The van der Waals surface area contributed by atoms with E-state index in [4.69, 9.17) is 4.74 Å². The van der Waals surface area contributed by atoms with Crippen molar-refractivity contribution in [3.05, 3.63) is 84.2 Å². The Labute approximate surface area is 160 Å². The molecule has 1 N–H and O–H groups in total. The third-order valence-corrected chi connectivity index (χ3v) is 3.98. The van der Waals surface area contributed by atoms with Crippen LogP contribution in [-0.4, -0.2) is 16.7 Å². The predicted octanol–water partition coefficient (Wildman–Crippen LogP) is 5.69. The lowest BCUT2D eigenvalue weighted by atomic mass is 10.0. The molecule has 4 nitrogen and oxygen atoms in total. The van der Waals surface area contributed by atoms with Crippen molar-refractivity contribution < 1.29 is 9.53 Å². The number of hydrogen-bond acceptors (Lipinski definition) is 3. The van der Waals surface area contributed by atoms with Crippen LogP contribution in [0.5, 0.6) is 0 Å². The quantitative estimate of drug-likeness (QED) is 0.650. The normalized spacial score (nSPS) is 11.1. The largest absolute Gasteiger partial charge is 0.444 e. The molecule has 3 aromatic rings. The molecule has 4 heteroatoms. The summed E-state index contributed by atoms with van der Waals surface area (Å²) in [6, 6.07) is 20.3. The van der Waals surface area contributed by atoms with Crippen LogP contribution < -0.4 is 5.32 Å². The molecule has 0 aliphatic rings. The van der Waals surface area contributed by atoms with Crippen molar-refractivity contribution in [1.29, 1.82) is 0 Å². The molecule has 0 atom stereocenters. The fraction of sp³-hybridized carbons (Fsp3) is 0.217. The van der Waals surface area contributed by atoms with Gasteiger partial charge in [0.25, 0.3) is 0 Å². The second-order valence-corrected chi connectivity index (χ2v) is 7.43. The highest BCUT2D eigenvalue weighted by Crippen LogP contribution is 2.23. The number of amides is 1. The molecule has 0 unspecified atom stereocenters. The van der Waals surface area contributed by atoms with Crippen LogP contribution in [0.2, 0.25) is 0 Å². The Kier molecular flexibility index (Phi) is 5.55. The van der Waals surface area contributed by atoms with Gasteiger partial charge in [0.15, 0.2) is 0 Å². The van der Waals surface area contributed by atoms with Crippen LogP contribution in [0.3, 0.4) is 0 Å². The van der Waals surface area contributed by atoms with E-state index in [9.17, 15) is 4.79 Å². The van der Waals surface area contributed by atoms with Crippen LogP contribution in [0.15, 0.2) is 73.1 Å².